The minimum Gasteiger partial charge on any atom is -0.493 e. The quantitative estimate of drug-likeness (QED) is 0.647. The van der Waals surface area contributed by atoms with Gasteiger partial charge in [-0.05, 0) is 35.4 Å². The second-order valence-corrected chi connectivity index (χ2v) is 6.99. The lowest BCUT2D eigenvalue weighted by atomic mass is 9.84. The molecule has 0 saturated carbocycles. The first-order chi connectivity index (χ1) is 13.3. The van der Waals surface area contributed by atoms with Crippen LogP contribution in [0.3, 0.4) is 0 Å². The lowest BCUT2D eigenvalue weighted by molar-refractivity contribution is 0.0697. The van der Waals surface area contributed by atoms with Crippen LogP contribution in [0.4, 0.5) is 4.79 Å². The molecule has 7 nitrogen and oxygen atoms in total. The van der Waals surface area contributed by atoms with Crippen LogP contribution in [-0.2, 0) is 12.0 Å². The number of amides is 2. The standard InChI is InChI=1S/C21H26N2O5/c1-21(2,16-9-10-17(27-3)18(11-16)28-4)13-23-20(26)22-12-14-5-7-15(8-6-14)19(24)25/h5-11H,12-13H2,1-4H3,(H,24,25)(H2,22,23,26). The molecule has 0 radical (unpaired) electrons. The number of methoxy groups -OCH3 is 2. The van der Waals surface area contributed by atoms with Crippen LogP contribution >= 0.6 is 0 Å². The average molecular weight is 386 g/mol. The van der Waals surface area contributed by atoms with E-state index >= 15 is 0 Å². The van der Waals surface area contributed by atoms with Gasteiger partial charge in [0.2, 0.25) is 0 Å². The minimum absolute atomic E-state index is 0.213. The summed E-state index contributed by atoms with van der Waals surface area (Å²) in [6.45, 7) is 4.78. The molecule has 0 aromatic heterocycles. The number of aromatic carboxylic acids is 1. The molecular weight excluding hydrogens is 360 g/mol. The fraction of sp³-hybridized carbons (Fsp3) is 0.333. The van der Waals surface area contributed by atoms with Crippen LogP contribution in [0.15, 0.2) is 42.5 Å². The first-order valence-corrected chi connectivity index (χ1v) is 8.83. The van der Waals surface area contributed by atoms with E-state index in [0.29, 0.717) is 24.6 Å². The van der Waals surface area contributed by atoms with Gasteiger partial charge in [0.05, 0.1) is 19.8 Å². The number of benzene rings is 2. The smallest absolute Gasteiger partial charge is 0.335 e. The molecule has 0 aliphatic rings. The third kappa shape index (κ3) is 5.39. The second-order valence-electron chi connectivity index (χ2n) is 6.99. The molecular formula is C21H26N2O5. The molecule has 0 heterocycles. The molecule has 0 spiro atoms. The van der Waals surface area contributed by atoms with Crippen LogP contribution in [0.5, 0.6) is 11.5 Å². The van der Waals surface area contributed by atoms with E-state index in [-0.39, 0.29) is 17.0 Å². The van der Waals surface area contributed by atoms with Crippen molar-refractivity contribution in [2.24, 2.45) is 0 Å². The van der Waals surface area contributed by atoms with Crippen molar-refractivity contribution in [2.75, 3.05) is 20.8 Å². The zero-order valence-corrected chi connectivity index (χ0v) is 16.5. The Morgan fingerprint density at radius 1 is 0.964 bits per heavy atom. The van der Waals surface area contributed by atoms with Crippen molar-refractivity contribution in [3.05, 3.63) is 59.2 Å². The first kappa shape index (κ1) is 21.1. The van der Waals surface area contributed by atoms with E-state index in [9.17, 15) is 9.59 Å². The Hall–Kier alpha value is -3.22. The van der Waals surface area contributed by atoms with Gasteiger partial charge in [-0.1, -0.05) is 32.0 Å². The van der Waals surface area contributed by atoms with E-state index in [2.05, 4.69) is 10.6 Å². The van der Waals surface area contributed by atoms with Crippen molar-refractivity contribution >= 4 is 12.0 Å². The molecule has 2 aromatic rings. The maximum absolute atomic E-state index is 12.1. The summed E-state index contributed by atoms with van der Waals surface area (Å²) in [5, 5.41) is 14.5. The maximum atomic E-state index is 12.1. The van der Waals surface area contributed by atoms with Crippen molar-refractivity contribution < 1.29 is 24.2 Å². The number of urea groups is 1. The summed E-state index contributed by atoms with van der Waals surface area (Å²) in [7, 11) is 3.17. The summed E-state index contributed by atoms with van der Waals surface area (Å²) >= 11 is 0. The molecule has 2 amide bonds. The summed E-state index contributed by atoms with van der Waals surface area (Å²) in [5.74, 6) is 0.318. The summed E-state index contributed by atoms with van der Waals surface area (Å²) in [6.07, 6.45) is 0. The average Bonchev–Trinajstić information content (AvgIpc) is 2.70. The molecule has 0 atom stereocenters. The van der Waals surface area contributed by atoms with E-state index < -0.39 is 5.97 Å². The highest BCUT2D eigenvalue weighted by atomic mass is 16.5. The number of carbonyl (C=O) groups is 2. The third-order valence-corrected chi connectivity index (χ3v) is 4.51. The number of carboxylic acids is 1. The molecule has 28 heavy (non-hydrogen) atoms. The van der Waals surface area contributed by atoms with Crippen LogP contribution < -0.4 is 20.1 Å². The minimum atomic E-state index is -0.977. The van der Waals surface area contributed by atoms with Gasteiger partial charge in [0.15, 0.2) is 11.5 Å². The number of ether oxygens (including phenoxy) is 2. The van der Waals surface area contributed by atoms with Crippen molar-refractivity contribution in [3.8, 4) is 11.5 Å². The molecule has 2 rings (SSSR count). The second kappa shape index (κ2) is 9.12. The van der Waals surface area contributed by atoms with Crippen molar-refractivity contribution in [3.63, 3.8) is 0 Å². The van der Waals surface area contributed by atoms with Crippen LogP contribution in [0.25, 0.3) is 0 Å². The molecule has 0 saturated heterocycles. The van der Waals surface area contributed by atoms with E-state index in [0.717, 1.165) is 11.1 Å². The van der Waals surface area contributed by atoms with Crippen molar-refractivity contribution in [1.82, 2.24) is 10.6 Å². The number of carboxylic acid groups (broad SMARTS) is 1. The maximum Gasteiger partial charge on any atom is 0.335 e. The fourth-order valence-electron chi connectivity index (χ4n) is 2.67. The summed E-state index contributed by atoms with van der Waals surface area (Å²) in [6, 6.07) is 11.8. The Labute approximate surface area is 164 Å². The Kier molecular flexibility index (Phi) is 6.87. The molecule has 150 valence electrons. The Morgan fingerprint density at radius 2 is 1.61 bits per heavy atom. The topological polar surface area (TPSA) is 96.9 Å². The molecule has 0 fully saturated rings. The predicted octanol–water partition coefficient (Wildman–Crippen LogP) is 3.18. The largest absolute Gasteiger partial charge is 0.493 e. The van der Waals surface area contributed by atoms with Gasteiger partial charge in [-0.3, -0.25) is 0 Å². The van der Waals surface area contributed by atoms with E-state index in [4.69, 9.17) is 14.6 Å². The zero-order chi connectivity index (χ0) is 20.7. The molecule has 0 bridgehead atoms. The van der Waals surface area contributed by atoms with Crippen molar-refractivity contribution in [1.29, 1.82) is 0 Å². The lowest BCUT2D eigenvalue weighted by Crippen LogP contribution is -2.42. The molecule has 3 N–H and O–H groups in total. The van der Waals surface area contributed by atoms with Gasteiger partial charge in [0.1, 0.15) is 0 Å². The first-order valence-electron chi connectivity index (χ1n) is 8.83. The Bertz CT molecular complexity index is 831. The van der Waals surface area contributed by atoms with E-state index in [1.165, 1.54) is 12.1 Å². The highest BCUT2D eigenvalue weighted by molar-refractivity contribution is 5.87. The lowest BCUT2D eigenvalue weighted by Gasteiger charge is -2.26. The summed E-state index contributed by atoms with van der Waals surface area (Å²) < 4.78 is 10.6. The number of nitrogens with one attached hydrogen (secondary N) is 2. The fourth-order valence-corrected chi connectivity index (χ4v) is 2.67. The van der Waals surface area contributed by atoms with Crippen LogP contribution in [0, 0.1) is 0 Å². The van der Waals surface area contributed by atoms with Crippen molar-refractivity contribution in [2.45, 2.75) is 25.8 Å². The Balaban J connectivity index is 1.91. The normalized spacial score (nSPS) is 10.9. The Morgan fingerprint density at radius 3 is 2.18 bits per heavy atom. The zero-order valence-electron chi connectivity index (χ0n) is 16.5. The van der Waals surface area contributed by atoms with E-state index in [1.807, 2.05) is 32.0 Å². The molecule has 0 unspecified atom stereocenters. The highest BCUT2D eigenvalue weighted by Crippen LogP contribution is 2.32. The van der Waals surface area contributed by atoms with Crippen LogP contribution in [0.2, 0.25) is 0 Å². The number of hydrogen-bond donors (Lipinski definition) is 3. The predicted molar refractivity (Wildman–Crippen MR) is 106 cm³/mol. The number of carbonyl (C=O) groups excluding carboxylic acids is 1. The van der Waals surface area contributed by atoms with Crippen LogP contribution in [-0.4, -0.2) is 37.9 Å². The number of hydrogen-bond acceptors (Lipinski definition) is 4. The van der Waals surface area contributed by atoms with Gasteiger partial charge >= 0.3 is 12.0 Å². The third-order valence-electron chi connectivity index (χ3n) is 4.51. The van der Waals surface area contributed by atoms with Gasteiger partial charge in [-0.2, -0.15) is 0 Å². The SMILES string of the molecule is COc1ccc(C(C)(C)CNC(=O)NCc2ccc(C(=O)O)cc2)cc1OC. The van der Waals surface area contributed by atoms with Gasteiger partial charge in [-0.25, -0.2) is 9.59 Å². The van der Waals surface area contributed by atoms with Gasteiger partial charge in [0.25, 0.3) is 0 Å². The summed E-state index contributed by atoms with van der Waals surface area (Å²) in [5.41, 5.74) is 1.72. The molecule has 0 aliphatic heterocycles. The van der Waals surface area contributed by atoms with Gasteiger partial charge in [-0.15, -0.1) is 0 Å². The van der Waals surface area contributed by atoms with Crippen LogP contribution in [0.1, 0.15) is 35.3 Å². The molecule has 0 aliphatic carbocycles. The molecule has 2 aromatic carbocycles. The monoisotopic (exact) mass is 386 g/mol. The highest BCUT2D eigenvalue weighted by Gasteiger charge is 2.23. The van der Waals surface area contributed by atoms with Gasteiger partial charge in [0, 0.05) is 18.5 Å². The van der Waals surface area contributed by atoms with E-state index in [1.54, 1.807) is 26.4 Å². The molecule has 7 heteroatoms. The summed E-state index contributed by atoms with van der Waals surface area (Å²) in [4.78, 5) is 23.0. The number of rotatable bonds is 8. The van der Waals surface area contributed by atoms with Gasteiger partial charge < -0.3 is 25.2 Å².